The van der Waals surface area contributed by atoms with Gasteiger partial charge in [0.2, 0.25) is 5.91 Å². The van der Waals surface area contributed by atoms with E-state index < -0.39 is 0 Å². The molecule has 1 aliphatic carbocycles. The van der Waals surface area contributed by atoms with E-state index in [1.807, 2.05) is 19.9 Å². The molecule has 3 nitrogen and oxygen atoms in total. The summed E-state index contributed by atoms with van der Waals surface area (Å²) in [5.74, 6) is 0.974. The summed E-state index contributed by atoms with van der Waals surface area (Å²) >= 11 is 0. The number of amides is 1. The maximum Gasteiger partial charge on any atom is 0.219 e. The lowest BCUT2D eigenvalue weighted by molar-refractivity contribution is -0.120. The van der Waals surface area contributed by atoms with Crippen LogP contribution in [0, 0.1) is 6.92 Å². The predicted octanol–water partition coefficient (Wildman–Crippen LogP) is 2.65. The van der Waals surface area contributed by atoms with Gasteiger partial charge in [0.25, 0.3) is 0 Å². The minimum absolute atomic E-state index is 0.111. The summed E-state index contributed by atoms with van der Waals surface area (Å²) in [7, 11) is 0. The first-order chi connectivity index (χ1) is 8.61. The fraction of sp³-hybridized carbons (Fsp3) is 0.533. The number of phenols is 1. The lowest BCUT2D eigenvalue weighted by Crippen LogP contribution is -2.24. The van der Waals surface area contributed by atoms with E-state index in [1.165, 1.54) is 11.1 Å². The third-order valence-electron chi connectivity index (χ3n) is 3.80. The van der Waals surface area contributed by atoms with Crippen molar-refractivity contribution in [2.45, 2.75) is 45.4 Å². The first-order valence-corrected chi connectivity index (χ1v) is 6.71. The molecule has 1 aliphatic rings. The Kier molecular flexibility index (Phi) is 3.90. The minimum Gasteiger partial charge on any atom is -0.508 e. The number of phenolic OH excluding ortho intramolecular Hbond substituents is 1. The van der Waals surface area contributed by atoms with Crippen molar-refractivity contribution in [2.24, 2.45) is 0 Å². The Morgan fingerprint density at radius 1 is 1.50 bits per heavy atom. The zero-order valence-electron chi connectivity index (χ0n) is 11.1. The van der Waals surface area contributed by atoms with Crippen molar-refractivity contribution >= 4 is 5.91 Å². The molecule has 0 bridgehead atoms. The van der Waals surface area contributed by atoms with Gasteiger partial charge in [0, 0.05) is 13.0 Å². The van der Waals surface area contributed by atoms with E-state index >= 15 is 0 Å². The number of carbonyl (C=O) groups is 1. The third-order valence-corrected chi connectivity index (χ3v) is 3.80. The zero-order chi connectivity index (χ0) is 13.1. The van der Waals surface area contributed by atoms with Crippen molar-refractivity contribution in [1.29, 1.82) is 0 Å². The fourth-order valence-electron chi connectivity index (χ4n) is 2.66. The van der Waals surface area contributed by atoms with Gasteiger partial charge in [-0.2, -0.15) is 0 Å². The number of carbonyl (C=O) groups excluding carboxylic acids is 1. The molecule has 1 amide bonds. The summed E-state index contributed by atoms with van der Waals surface area (Å²) in [4.78, 5) is 11.2. The quantitative estimate of drug-likeness (QED) is 0.859. The number of benzene rings is 1. The second-order valence-electron chi connectivity index (χ2n) is 5.07. The molecule has 0 saturated carbocycles. The molecular weight excluding hydrogens is 226 g/mol. The molecule has 2 N–H and O–H groups in total. The molecule has 1 aromatic carbocycles. The van der Waals surface area contributed by atoms with Crippen molar-refractivity contribution in [3.05, 3.63) is 28.8 Å². The Morgan fingerprint density at radius 3 is 3.00 bits per heavy atom. The van der Waals surface area contributed by atoms with Crippen LogP contribution in [0.5, 0.6) is 5.75 Å². The number of rotatable bonds is 4. The Labute approximate surface area is 108 Å². The third kappa shape index (κ3) is 2.66. The fourth-order valence-corrected chi connectivity index (χ4v) is 2.66. The Bertz CT molecular complexity index is 454. The van der Waals surface area contributed by atoms with E-state index in [9.17, 15) is 9.90 Å². The summed E-state index contributed by atoms with van der Waals surface area (Å²) in [5, 5.41) is 12.7. The van der Waals surface area contributed by atoms with Gasteiger partial charge in [-0.25, -0.2) is 0 Å². The van der Waals surface area contributed by atoms with Gasteiger partial charge in [-0.05, 0) is 54.9 Å². The van der Waals surface area contributed by atoms with Crippen molar-refractivity contribution in [2.75, 3.05) is 6.54 Å². The highest BCUT2D eigenvalue weighted by molar-refractivity contribution is 5.75. The van der Waals surface area contributed by atoms with Crippen molar-refractivity contribution in [3.8, 4) is 5.75 Å². The van der Waals surface area contributed by atoms with Crippen LogP contribution in [0.3, 0.4) is 0 Å². The topological polar surface area (TPSA) is 49.3 Å². The molecule has 0 unspecified atom stereocenters. The molecule has 1 aromatic rings. The number of fused-ring (bicyclic) bond motifs is 1. The van der Waals surface area contributed by atoms with Gasteiger partial charge in [-0.15, -0.1) is 0 Å². The normalized spacial score (nSPS) is 17.6. The number of nitrogens with one attached hydrogen (secondary N) is 1. The maximum absolute atomic E-state index is 11.2. The molecule has 18 heavy (non-hydrogen) atoms. The van der Waals surface area contributed by atoms with Gasteiger partial charge in [0.15, 0.2) is 0 Å². The van der Waals surface area contributed by atoms with Crippen LogP contribution in [0.4, 0.5) is 0 Å². The summed E-state index contributed by atoms with van der Waals surface area (Å²) in [6, 6.07) is 4.00. The van der Waals surface area contributed by atoms with Gasteiger partial charge >= 0.3 is 0 Å². The van der Waals surface area contributed by atoms with Crippen LogP contribution >= 0.6 is 0 Å². The van der Waals surface area contributed by atoms with E-state index in [4.69, 9.17) is 0 Å². The average Bonchev–Trinajstić information content (AvgIpc) is 2.72. The summed E-state index contributed by atoms with van der Waals surface area (Å²) in [5.41, 5.74) is 3.58. The van der Waals surface area contributed by atoms with Gasteiger partial charge in [0.1, 0.15) is 5.75 Å². The molecule has 0 aromatic heterocycles. The van der Waals surface area contributed by atoms with Crippen molar-refractivity contribution in [1.82, 2.24) is 5.32 Å². The van der Waals surface area contributed by atoms with Crippen LogP contribution in [-0.4, -0.2) is 17.6 Å². The summed E-state index contributed by atoms with van der Waals surface area (Å²) < 4.78 is 0. The molecule has 0 heterocycles. The zero-order valence-corrected chi connectivity index (χ0v) is 11.1. The van der Waals surface area contributed by atoms with E-state index in [2.05, 4.69) is 11.4 Å². The predicted molar refractivity (Wildman–Crippen MR) is 71.8 cm³/mol. The summed E-state index contributed by atoms with van der Waals surface area (Å²) in [6.07, 6.45) is 3.71. The monoisotopic (exact) mass is 247 g/mol. The van der Waals surface area contributed by atoms with E-state index in [-0.39, 0.29) is 5.91 Å². The second kappa shape index (κ2) is 5.42. The molecule has 3 heteroatoms. The van der Waals surface area contributed by atoms with E-state index in [1.54, 1.807) is 0 Å². The van der Waals surface area contributed by atoms with Gasteiger partial charge in [-0.3, -0.25) is 4.79 Å². The molecular formula is C15H21NO2. The number of aromatic hydroxyl groups is 1. The van der Waals surface area contributed by atoms with Gasteiger partial charge in [0.05, 0.1) is 0 Å². The van der Waals surface area contributed by atoms with Crippen molar-refractivity contribution in [3.63, 3.8) is 0 Å². The first-order valence-electron chi connectivity index (χ1n) is 6.71. The summed E-state index contributed by atoms with van der Waals surface area (Å²) in [6.45, 7) is 4.52. The van der Waals surface area contributed by atoms with Crippen LogP contribution in [-0.2, 0) is 11.2 Å². The highest BCUT2D eigenvalue weighted by Crippen LogP contribution is 2.38. The maximum atomic E-state index is 11.2. The average molecular weight is 247 g/mol. The van der Waals surface area contributed by atoms with E-state index in [0.29, 0.717) is 18.1 Å². The van der Waals surface area contributed by atoms with Crippen LogP contribution < -0.4 is 5.32 Å². The van der Waals surface area contributed by atoms with Crippen LogP contribution in [0.2, 0.25) is 0 Å². The number of aryl methyl sites for hydroxylation is 2. The molecule has 0 spiro atoms. The molecule has 2 rings (SSSR count). The lowest BCUT2D eigenvalue weighted by Gasteiger charge is -2.13. The van der Waals surface area contributed by atoms with Crippen LogP contribution in [0.25, 0.3) is 0 Å². The van der Waals surface area contributed by atoms with Gasteiger partial charge in [-0.1, -0.05) is 13.0 Å². The Morgan fingerprint density at radius 2 is 2.28 bits per heavy atom. The molecule has 1 atom stereocenters. The van der Waals surface area contributed by atoms with Crippen LogP contribution in [0.1, 0.15) is 48.8 Å². The Hall–Kier alpha value is -1.51. The minimum atomic E-state index is 0.111. The number of hydrogen-bond acceptors (Lipinski definition) is 2. The molecule has 0 fully saturated rings. The smallest absolute Gasteiger partial charge is 0.219 e. The Balaban J connectivity index is 1.99. The van der Waals surface area contributed by atoms with Crippen molar-refractivity contribution < 1.29 is 9.90 Å². The lowest BCUT2D eigenvalue weighted by atomic mass is 9.96. The molecule has 0 saturated heterocycles. The SMILES string of the molecule is CCC(=O)NCC[C@@H]1CCc2cc(C)c(O)cc21. The molecule has 0 aliphatic heterocycles. The van der Waals surface area contributed by atoms with Gasteiger partial charge < -0.3 is 10.4 Å². The number of hydrogen-bond donors (Lipinski definition) is 2. The first kappa shape index (κ1) is 12.9. The largest absolute Gasteiger partial charge is 0.508 e. The molecule has 0 radical (unpaired) electrons. The van der Waals surface area contributed by atoms with Crippen LogP contribution in [0.15, 0.2) is 12.1 Å². The second-order valence-corrected chi connectivity index (χ2v) is 5.07. The molecule has 98 valence electrons. The highest BCUT2D eigenvalue weighted by atomic mass is 16.3. The highest BCUT2D eigenvalue weighted by Gasteiger charge is 2.23. The standard InChI is InChI=1S/C15H21NO2/c1-3-15(18)16-7-6-11-4-5-12-8-10(2)14(17)9-13(11)12/h8-9,11,17H,3-7H2,1-2H3,(H,16,18)/t11-/m0/s1. The van der Waals surface area contributed by atoms with E-state index in [0.717, 1.165) is 31.4 Å².